The van der Waals surface area contributed by atoms with Gasteiger partial charge in [-0.25, -0.2) is 4.98 Å². The monoisotopic (exact) mass is 203 g/mol. The van der Waals surface area contributed by atoms with Gasteiger partial charge in [0.25, 0.3) is 0 Å². The molecule has 0 bridgehead atoms. The number of fused-ring (bicyclic) bond motifs is 1. The maximum atomic E-state index is 4.51. The Morgan fingerprint density at radius 2 is 2.20 bits per heavy atom. The standard InChI is InChI=1S/C12H17N3/c1-3-4-5-8-15-10(2)14-11-6-7-13-9-12(11)15/h6-7,9H,3-5,8H2,1-2H3. The van der Waals surface area contributed by atoms with Gasteiger partial charge in [0.15, 0.2) is 0 Å². The SMILES string of the molecule is CCCCCn1c(C)nc2ccncc21. The predicted molar refractivity (Wildman–Crippen MR) is 61.8 cm³/mol. The van der Waals surface area contributed by atoms with Gasteiger partial charge in [-0.3, -0.25) is 4.98 Å². The fourth-order valence-corrected chi connectivity index (χ4v) is 1.89. The highest BCUT2D eigenvalue weighted by molar-refractivity contribution is 5.74. The largest absolute Gasteiger partial charge is 0.327 e. The zero-order valence-corrected chi connectivity index (χ0v) is 9.40. The molecule has 2 heterocycles. The van der Waals surface area contributed by atoms with Gasteiger partial charge < -0.3 is 4.57 Å². The lowest BCUT2D eigenvalue weighted by Crippen LogP contribution is -2.00. The fraction of sp³-hybridized carbons (Fsp3) is 0.500. The Hall–Kier alpha value is -1.38. The Morgan fingerprint density at radius 1 is 1.33 bits per heavy atom. The Labute approximate surface area is 90.2 Å². The van der Waals surface area contributed by atoms with Gasteiger partial charge in [-0.15, -0.1) is 0 Å². The van der Waals surface area contributed by atoms with Crippen molar-refractivity contribution in [1.29, 1.82) is 0 Å². The third kappa shape index (κ3) is 2.01. The number of hydrogen-bond acceptors (Lipinski definition) is 2. The van der Waals surface area contributed by atoms with Crippen LogP contribution in [0.2, 0.25) is 0 Å². The first-order chi connectivity index (χ1) is 7.33. The van der Waals surface area contributed by atoms with Crippen molar-refractivity contribution in [2.24, 2.45) is 0 Å². The van der Waals surface area contributed by atoms with Crippen molar-refractivity contribution < 1.29 is 0 Å². The number of rotatable bonds is 4. The number of nitrogens with zero attached hydrogens (tertiary/aromatic N) is 3. The highest BCUT2D eigenvalue weighted by atomic mass is 15.1. The van der Waals surface area contributed by atoms with Crippen LogP contribution in [0, 0.1) is 6.92 Å². The molecule has 0 saturated carbocycles. The lowest BCUT2D eigenvalue weighted by molar-refractivity contribution is 0.601. The van der Waals surface area contributed by atoms with Crippen molar-refractivity contribution in [3.05, 3.63) is 24.3 Å². The lowest BCUT2D eigenvalue weighted by atomic mass is 10.2. The average molecular weight is 203 g/mol. The molecule has 3 nitrogen and oxygen atoms in total. The molecule has 80 valence electrons. The van der Waals surface area contributed by atoms with Crippen molar-refractivity contribution in [3.8, 4) is 0 Å². The van der Waals surface area contributed by atoms with Crippen molar-refractivity contribution in [2.75, 3.05) is 0 Å². The molecule has 0 spiro atoms. The van der Waals surface area contributed by atoms with Gasteiger partial charge in [0.2, 0.25) is 0 Å². The van der Waals surface area contributed by atoms with Crippen LogP contribution in [0.5, 0.6) is 0 Å². The first kappa shape index (κ1) is 10.1. The molecule has 2 aromatic rings. The van der Waals surface area contributed by atoms with Gasteiger partial charge >= 0.3 is 0 Å². The summed E-state index contributed by atoms with van der Waals surface area (Å²) in [5.41, 5.74) is 2.21. The van der Waals surface area contributed by atoms with Crippen molar-refractivity contribution >= 4 is 11.0 Å². The van der Waals surface area contributed by atoms with E-state index in [9.17, 15) is 0 Å². The van der Waals surface area contributed by atoms with Crippen LogP contribution >= 0.6 is 0 Å². The summed E-state index contributed by atoms with van der Waals surface area (Å²) in [5.74, 6) is 1.09. The highest BCUT2D eigenvalue weighted by Crippen LogP contribution is 2.15. The minimum atomic E-state index is 1.05. The quantitative estimate of drug-likeness (QED) is 0.715. The molecule has 0 saturated heterocycles. The van der Waals surface area contributed by atoms with Crippen LogP contribution in [0.1, 0.15) is 32.0 Å². The van der Waals surface area contributed by atoms with E-state index in [4.69, 9.17) is 0 Å². The van der Waals surface area contributed by atoms with Crippen LogP contribution in [-0.4, -0.2) is 14.5 Å². The van der Waals surface area contributed by atoms with E-state index in [0.29, 0.717) is 0 Å². The summed E-state index contributed by atoms with van der Waals surface area (Å²) in [6, 6.07) is 1.97. The third-order valence-electron chi connectivity index (χ3n) is 2.73. The maximum absolute atomic E-state index is 4.51. The Bertz CT molecular complexity index is 445. The van der Waals surface area contributed by atoms with Gasteiger partial charge in [0.05, 0.1) is 17.2 Å². The number of unbranched alkanes of at least 4 members (excludes halogenated alkanes) is 2. The molecule has 0 aliphatic heterocycles. The van der Waals surface area contributed by atoms with Gasteiger partial charge in [-0.05, 0) is 19.4 Å². The molecule has 0 aliphatic carbocycles. The molecule has 0 amide bonds. The van der Waals surface area contributed by atoms with Crippen molar-refractivity contribution in [1.82, 2.24) is 14.5 Å². The number of pyridine rings is 1. The summed E-state index contributed by atoms with van der Waals surface area (Å²) < 4.78 is 2.26. The second kappa shape index (κ2) is 4.43. The van der Waals surface area contributed by atoms with Gasteiger partial charge in [-0.2, -0.15) is 0 Å². The smallest absolute Gasteiger partial charge is 0.106 e. The molecule has 15 heavy (non-hydrogen) atoms. The summed E-state index contributed by atoms with van der Waals surface area (Å²) in [6.07, 6.45) is 7.45. The van der Waals surface area contributed by atoms with Gasteiger partial charge in [-0.1, -0.05) is 19.8 Å². The summed E-state index contributed by atoms with van der Waals surface area (Å²) in [6.45, 7) is 5.34. The van der Waals surface area contributed by atoms with E-state index in [1.54, 1.807) is 6.20 Å². The molecule has 0 radical (unpaired) electrons. The molecule has 0 aromatic carbocycles. The van der Waals surface area contributed by atoms with Crippen LogP contribution < -0.4 is 0 Å². The molecule has 0 unspecified atom stereocenters. The van der Waals surface area contributed by atoms with E-state index in [-0.39, 0.29) is 0 Å². The molecule has 0 fully saturated rings. The third-order valence-corrected chi connectivity index (χ3v) is 2.73. The van der Waals surface area contributed by atoms with E-state index in [1.807, 2.05) is 12.3 Å². The summed E-state index contributed by atoms with van der Waals surface area (Å²) in [5, 5.41) is 0. The molecule has 3 heteroatoms. The second-order valence-electron chi connectivity index (χ2n) is 3.88. The topological polar surface area (TPSA) is 30.7 Å². The fourth-order valence-electron chi connectivity index (χ4n) is 1.89. The van der Waals surface area contributed by atoms with Crippen LogP contribution in [0.4, 0.5) is 0 Å². The number of aryl methyl sites for hydroxylation is 2. The van der Waals surface area contributed by atoms with E-state index in [1.165, 1.54) is 19.3 Å². The zero-order valence-electron chi connectivity index (χ0n) is 9.40. The number of aromatic nitrogens is 3. The molecule has 0 aliphatic rings. The average Bonchev–Trinajstić information content (AvgIpc) is 2.56. The van der Waals surface area contributed by atoms with E-state index in [0.717, 1.165) is 23.4 Å². The molecule has 2 aromatic heterocycles. The van der Waals surface area contributed by atoms with Crippen LogP contribution in [0.25, 0.3) is 11.0 Å². The maximum Gasteiger partial charge on any atom is 0.106 e. The lowest BCUT2D eigenvalue weighted by Gasteiger charge is -2.05. The molecular weight excluding hydrogens is 186 g/mol. The second-order valence-corrected chi connectivity index (χ2v) is 3.88. The molecule has 2 rings (SSSR count). The Balaban J connectivity index is 2.28. The van der Waals surface area contributed by atoms with E-state index >= 15 is 0 Å². The highest BCUT2D eigenvalue weighted by Gasteiger charge is 2.05. The summed E-state index contributed by atoms with van der Waals surface area (Å²) >= 11 is 0. The van der Waals surface area contributed by atoms with Crippen LogP contribution in [0.3, 0.4) is 0 Å². The zero-order chi connectivity index (χ0) is 10.7. The Kier molecular flexibility index (Phi) is 2.99. The van der Waals surface area contributed by atoms with E-state index < -0.39 is 0 Å². The first-order valence-corrected chi connectivity index (χ1v) is 5.59. The van der Waals surface area contributed by atoms with Gasteiger partial charge in [0.1, 0.15) is 5.82 Å². The Morgan fingerprint density at radius 3 is 3.00 bits per heavy atom. The molecule has 0 atom stereocenters. The van der Waals surface area contributed by atoms with Crippen LogP contribution in [-0.2, 0) is 6.54 Å². The first-order valence-electron chi connectivity index (χ1n) is 5.59. The van der Waals surface area contributed by atoms with E-state index in [2.05, 4.69) is 28.4 Å². The minimum absolute atomic E-state index is 1.05. The number of hydrogen-bond donors (Lipinski definition) is 0. The predicted octanol–water partition coefficient (Wildman–Crippen LogP) is 2.93. The number of imidazole rings is 1. The van der Waals surface area contributed by atoms with Gasteiger partial charge in [0, 0.05) is 12.7 Å². The summed E-state index contributed by atoms with van der Waals surface area (Å²) in [7, 11) is 0. The van der Waals surface area contributed by atoms with Crippen molar-refractivity contribution in [3.63, 3.8) is 0 Å². The molecular formula is C12H17N3. The summed E-state index contributed by atoms with van der Waals surface area (Å²) in [4.78, 5) is 8.67. The van der Waals surface area contributed by atoms with Crippen LogP contribution in [0.15, 0.2) is 18.5 Å². The van der Waals surface area contributed by atoms with Crippen molar-refractivity contribution in [2.45, 2.75) is 39.7 Å². The minimum Gasteiger partial charge on any atom is -0.327 e. The molecule has 0 N–H and O–H groups in total. The normalized spacial score (nSPS) is 11.1.